The van der Waals surface area contributed by atoms with E-state index in [1.54, 1.807) is 6.07 Å². The second kappa shape index (κ2) is 6.04. The van der Waals surface area contributed by atoms with Crippen molar-refractivity contribution in [1.29, 1.82) is 0 Å². The van der Waals surface area contributed by atoms with Gasteiger partial charge in [0.25, 0.3) is 0 Å². The van der Waals surface area contributed by atoms with Crippen molar-refractivity contribution in [2.45, 2.75) is 25.9 Å². The van der Waals surface area contributed by atoms with E-state index in [9.17, 15) is 9.90 Å². The number of aliphatic hydroxyl groups excluding tert-OH is 1. The molecule has 1 saturated heterocycles. The summed E-state index contributed by atoms with van der Waals surface area (Å²) < 4.78 is 0. The molecule has 0 unspecified atom stereocenters. The number of carbonyl (C=O) groups is 1. The van der Waals surface area contributed by atoms with E-state index in [2.05, 4.69) is 5.32 Å². The first-order valence-corrected chi connectivity index (χ1v) is 6.53. The number of nitrogens with one attached hydrogen (secondary N) is 1. The number of aliphatic hydroxyl groups is 1. The Balaban J connectivity index is 2.15. The van der Waals surface area contributed by atoms with Crippen molar-refractivity contribution in [3.63, 3.8) is 0 Å². The van der Waals surface area contributed by atoms with Gasteiger partial charge in [-0.25, -0.2) is 0 Å². The summed E-state index contributed by atoms with van der Waals surface area (Å²) in [5, 5.41) is 21.7. The van der Waals surface area contributed by atoms with E-state index < -0.39 is 0 Å². The van der Waals surface area contributed by atoms with Gasteiger partial charge in [0.05, 0.1) is 6.04 Å². The highest BCUT2D eigenvalue weighted by molar-refractivity contribution is 5.82. The number of carbonyl (C=O) groups excluding carboxylic acids is 1. The van der Waals surface area contributed by atoms with E-state index in [0.29, 0.717) is 19.5 Å². The highest BCUT2D eigenvalue weighted by Gasteiger charge is 2.29. The second-order valence-electron chi connectivity index (χ2n) is 4.92. The van der Waals surface area contributed by atoms with E-state index >= 15 is 0 Å². The van der Waals surface area contributed by atoms with Crippen LogP contribution in [0.25, 0.3) is 0 Å². The van der Waals surface area contributed by atoms with Crippen molar-refractivity contribution in [3.8, 4) is 5.75 Å². The highest BCUT2D eigenvalue weighted by atomic mass is 16.3. The summed E-state index contributed by atoms with van der Waals surface area (Å²) in [6.07, 6.45) is 0.415. The molecule has 1 aromatic rings. The van der Waals surface area contributed by atoms with E-state index in [0.717, 1.165) is 17.7 Å². The number of phenols is 1. The number of amides is 1. The van der Waals surface area contributed by atoms with E-state index in [4.69, 9.17) is 5.11 Å². The van der Waals surface area contributed by atoms with E-state index in [-0.39, 0.29) is 24.3 Å². The molecule has 0 radical (unpaired) electrons. The fraction of sp³-hybridized carbons (Fsp3) is 0.500. The predicted octanol–water partition coefficient (Wildman–Crippen LogP) is 0.383. The lowest BCUT2D eigenvalue weighted by molar-refractivity contribution is -0.130. The van der Waals surface area contributed by atoms with Crippen LogP contribution in [0.4, 0.5) is 0 Å². The molecule has 0 saturated carbocycles. The summed E-state index contributed by atoms with van der Waals surface area (Å²) in [5.41, 5.74) is 1.89. The molecular formula is C14H20N2O3. The Morgan fingerprint density at radius 3 is 3.00 bits per heavy atom. The topological polar surface area (TPSA) is 72.8 Å². The van der Waals surface area contributed by atoms with E-state index in [1.807, 2.05) is 24.0 Å². The zero-order valence-corrected chi connectivity index (χ0v) is 11.1. The van der Waals surface area contributed by atoms with Crippen molar-refractivity contribution < 1.29 is 15.0 Å². The quantitative estimate of drug-likeness (QED) is 0.735. The lowest BCUT2D eigenvalue weighted by Crippen LogP contribution is -2.55. The van der Waals surface area contributed by atoms with Gasteiger partial charge < -0.3 is 15.5 Å². The van der Waals surface area contributed by atoms with Crippen LogP contribution in [-0.2, 0) is 11.3 Å². The van der Waals surface area contributed by atoms with Crippen LogP contribution in [0.15, 0.2) is 18.2 Å². The monoisotopic (exact) mass is 264 g/mol. The molecule has 2 rings (SSSR count). The molecule has 0 aliphatic carbocycles. The van der Waals surface area contributed by atoms with Crippen molar-refractivity contribution in [1.82, 2.24) is 10.2 Å². The molecule has 0 spiro atoms. The Kier molecular flexibility index (Phi) is 4.39. The smallest absolute Gasteiger partial charge is 0.237 e. The number of nitrogens with zero attached hydrogens (tertiary/aromatic N) is 1. The summed E-state index contributed by atoms with van der Waals surface area (Å²) >= 11 is 0. The van der Waals surface area contributed by atoms with Crippen LogP contribution in [-0.4, -0.2) is 46.8 Å². The molecule has 19 heavy (non-hydrogen) atoms. The van der Waals surface area contributed by atoms with Crippen LogP contribution in [0, 0.1) is 6.92 Å². The molecule has 3 N–H and O–H groups in total. The minimum absolute atomic E-state index is 0.0195. The van der Waals surface area contributed by atoms with Crippen molar-refractivity contribution in [2.75, 3.05) is 19.7 Å². The normalized spacial score (nSPS) is 20.3. The molecule has 1 atom stereocenters. The van der Waals surface area contributed by atoms with Gasteiger partial charge in [-0.2, -0.15) is 0 Å². The van der Waals surface area contributed by atoms with Crippen LogP contribution in [0.5, 0.6) is 5.75 Å². The summed E-state index contributed by atoms with van der Waals surface area (Å²) in [7, 11) is 0. The average Bonchev–Trinajstić information content (AvgIpc) is 2.38. The minimum atomic E-state index is -0.321. The first-order chi connectivity index (χ1) is 9.11. The third-order valence-corrected chi connectivity index (χ3v) is 3.45. The third-order valence-electron chi connectivity index (χ3n) is 3.45. The third kappa shape index (κ3) is 3.24. The summed E-state index contributed by atoms with van der Waals surface area (Å²) in [4.78, 5) is 13.8. The molecule has 1 aromatic carbocycles. The van der Waals surface area contributed by atoms with E-state index in [1.165, 1.54) is 0 Å². The fourth-order valence-corrected chi connectivity index (χ4v) is 2.45. The number of benzene rings is 1. The second-order valence-corrected chi connectivity index (χ2v) is 4.92. The van der Waals surface area contributed by atoms with Gasteiger partial charge >= 0.3 is 0 Å². The molecular weight excluding hydrogens is 244 g/mol. The molecule has 0 aromatic heterocycles. The molecule has 1 aliphatic heterocycles. The van der Waals surface area contributed by atoms with Gasteiger partial charge in [-0.1, -0.05) is 17.7 Å². The molecule has 1 amide bonds. The Morgan fingerprint density at radius 1 is 1.47 bits per heavy atom. The molecule has 5 nitrogen and oxygen atoms in total. The van der Waals surface area contributed by atoms with Gasteiger partial charge in [0.2, 0.25) is 5.91 Å². The summed E-state index contributed by atoms with van der Waals surface area (Å²) in [6, 6.07) is 5.14. The molecule has 5 heteroatoms. The number of aromatic hydroxyl groups is 1. The SMILES string of the molecule is Cc1ccc(O)c(CN2CCNC(=O)[C@@H]2CCO)c1. The maximum absolute atomic E-state index is 11.8. The van der Waals surface area contributed by atoms with Gasteiger partial charge in [0, 0.05) is 31.8 Å². The number of hydrogen-bond acceptors (Lipinski definition) is 4. The molecule has 1 fully saturated rings. The van der Waals surface area contributed by atoms with Gasteiger partial charge in [-0.3, -0.25) is 9.69 Å². The van der Waals surface area contributed by atoms with Crippen LogP contribution in [0.3, 0.4) is 0 Å². The number of hydrogen-bond donors (Lipinski definition) is 3. The fourth-order valence-electron chi connectivity index (χ4n) is 2.45. The maximum Gasteiger partial charge on any atom is 0.237 e. The minimum Gasteiger partial charge on any atom is -0.508 e. The Labute approximate surface area is 112 Å². The zero-order chi connectivity index (χ0) is 13.8. The van der Waals surface area contributed by atoms with Crippen LogP contribution in [0.1, 0.15) is 17.5 Å². The number of piperazine rings is 1. The maximum atomic E-state index is 11.8. The number of phenolic OH excluding ortho intramolecular Hbond substituents is 1. The molecule has 0 bridgehead atoms. The molecule has 104 valence electrons. The Bertz CT molecular complexity index is 462. The summed E-state index contributed by atoms with van der Waals surface area (Å²) in [5.74, 6) is 0.201. The number of aryl methyl sites for hydroxylation is 1. The number of rotatable bonds is 4. The van der Waals surface area contributed by atoms with Gasteiger partial charge in [0.1, 0.15) is 5.75 Å². The Morgan fingerprint density at radius 2 is 2.26 bits per heavy atom. The van der Waals surface area contributed by atoms with Crippen LogP contribution >= 0.6 is 0 Å². The highest BCUT2D eigenvalue weighted by Crippen LogP contribution is 2.22. The molecule has 1 aliphatic rings. The van der Waals surface area contributed by atoms with Gasteiger partial charge in [-0.05, 0) is 19.4 Å². The van der Waals surface area contributed by atoms with Crippen molar-refractivity contribution in [2.24, 2.45) is 0 Å². The predicted molar refractivity (Wildman–Crippen MR) is 71.8 cm³/mol. The van der Waals surface area contributed by atoms with Gasteiger partial charge in [0.15, 0.2) is 0 Å². The lowest BCUT2D eigenvalue weighted by Gasteiger charge is -2.34. The van der Waals surface area contributed by atoms with Crippen molar-refractivity contribution >= 4 is 5.91 Å². The molecule has 1 heterocycles. The Hall–Kier alpha value is -1.59. The van der Waals surface area contributed by atoms with Crippen LogP contribution in [0.2, 0.25) is 0 Å². The van der Waals surface area contributed by atoms with Gasteiger partial charge in [-0.15, -0.1) is 0 Å². The average molecular weight is 264 g/mol. The standard InChI is InChI=1S/C14H20N2O3/c1-10-2-3-13(18)11(8-10)9-16-6-5-15-14(19)12(16)4-7-17/h2-3,8,12,17-18H,4-7,9H2,1H3,(H,15,19)/t12-/m0/s1. The first-order valence-electron chi connectivity index (χ1n) is 6.53. The first kappa shape index (κ1) is 13.8. The largest absolute Gasteiger partial charge is 0.508 e. The van der Waals surface area contributed by atoms with Crippen LogP contribution < -0.4 is 5.32 Å². The zero-order valence-electron chi connectivity index (χ0n) is 11.1. The lowest BCUT2D eigenvalue weighted by atomic mass is 10.1. The summed E-state index contributed by atoms with van der Waals surface area (Å²) in [6.45, 7) is 3.80. The van der Waals surface area contributed by atoms with Crippen molar-refractivity contribution in [3.05, 3.63) is 29.3 Å².